The Kier molecular flexibility index (Phi) is 4.68. The molecule has 30 heavy (non-hydrogen) atoms. The predicted molar refractivity (Wildman–Crippen MR) is 120 cm³/mol. The third-order valence-corrected chi connectivity index (χ3v) is 5.89. The van der Waals surface area contributed by atoms with Crippen LogP contribution >= 0.6 is 27.7 Å². The van der Waals surface area contributed by atoms with E-state index in [4.69, 9.17) is 9.83 Å². The zero-order chi connectivity index (χ0) is 20.7. The second-order valence-electron chi connectivity index (χ2n) is 6.38. The molecule has 0 spiro atoms. The minimum atomic E-state index is -0.497. The van der Waals surface area contributed by atoms with Gasteiger partial charge in [-0.15, -0.1) is 0 Å². The van der Waals surface area contributed by atoms with Crippen molar-refractivity contribution in [1.82, 2.24) is 9.99 Å². The van der Waals surface area contributed by atoms with Crippen molar-refractivity contribution in [2.24, 2.45) is 10.1 Å². The number of hydrogen-bond donors (Lipinski definition) is 1. The molecule has 146 valence electrons. The monoisotopic (exact) mass is 477 g/mol. The van der Waals surface area contributed by atoms with Gasteiger partial charge in [0.25, 0.3) is 5.91 Å². The number of thioether (sulfide) groups is 1. The number of aromatic nitrogens is 1. The first-order valence-corrected chi connectivity index (χ1v) is 10.5. The molecular weight excluding hydrogens is 466 g/mol. The summed E-state index contributed by atoms with van der Waals surface area (Å²) in [4.78, 5) is 20.7. The summed E-state index contributed by atoms with van der Waals surface area (Å²) in [5.74, 6) is 0.589. The number of fused-ring (bicyclic) bond motifs is 1. The Labute approximate surface area is 183 Å². The van der Waals surface area contributed by atoms with Crippen LogP contribution < -0.4 is 0 Å². The fourth-order valence-corrected chi connectivity index (χ4v) is 4.09. The highest BCUT2D eigenvalue weighted by Gasteiger charge is 2.36. The molecule has 7 nitrogen and oxygen atoms in total. The number of nitrogens with one attached hydrogen (secondary N) is 1. The number of amides is 1. The zero-order valence-corrected chi connectivity index (χ0v) is 17.6. The lowest BCUT2D eigenvalue weighted by Gasteiger charge is -2.19. The van der Waals surface area contributed by atoms with Gasteiger partial charge >= 0.3 is 0 Å². The van der Waals surface area contributed by atoms with Gasteiger partial charge < -0.3 is 4.42 Å². The summed E-state index contributed by atoms with van der Waals surface area (Å²) >= 11 is 4.65. The third-order valence-electron chi connectivity index (χ3n) is 4.41. The fraction of sp³-hybridized carbons (Fsp3) is 0. The first-order chi connectivity index (χ1) is 14.6. The van der Waals surface area contributed by atoms with Gasteiger partial charge in [-0.2, -0.15) is 15.1 Å². The van der Waals surface area contributed by atoms with Crippen LogP contribution in [0.15, 0.2) is 85.5 Å². The molecule has 1 aromatic carbocycles. The predicted octanol–water partition coefficient (Wildman–Crippen LogP) is 4.77. The second kappa shape index (κ2) is 7.51. The number of rotatable bonds is 3. The van der Waals surface area contributed by atoms with Crippen molar-refractivity contribution >= 4 is 55.7 Å². The number of benzene rings is 1. The molecule has 4 heterocycles. The molecule has 3 aromatic rings. The molecule has 0 radical (unpaired) electrons. The Morgan fingerprint density at radius 2 is 1.93 bits per heavy atom. The standard InChI is InChI=1S/C21H12BrN5O2S/c22-14-5-3-12(4-6-14)17-8-7-15(29-17)10-16-18(23)27-21(25-19(16)28)30-20(26-27)13-2-1-9-24-11-13/h1-11,23H/b16-10-,23-18?. The highest BCUT2D eigenvalue weighted by molar-refractivity contribution is 9.10. The number of furan rings is 1. The van der Waals surface area contributed by atoms with E-state index in [2.05, 4.69) is 31.0 Å². The SMILES string of the molecule is N=C1/C(=C/c2ccc(-c3ccc(Br)cc3)o2)C(=O)N=C2SC(c3cccnc3)=NN12. The summed E-state index contributed by atoms with van der Waals surface area (Å²) in [5, 5.41) is 15.3. The van der Waals surface area contributed by atoms with Gasteiger partial charge in [0.05, 0.1) is 5.57 Å². The molecule has 1 N–H and O–H groups in total. The molecule has 0 bridgehead atoms. The van der Waals surface area contributed by atoms with Crippen molar-refractivity contribution in [2.45, 2.75) is 0 Å². The number of hydrazone groups is 1. The maximum atomic E-state index is 12.6. The number of amidine groups is 2. The lowest BCUT2D eigenvalue weighted by atomic mass is 10.1. The average Bonchev–Trinajstić information content (AvgIpc) is 3.40. The zero-order valence-electron chi connectivity index (χ0n) is 15.2. The van der Waals surface area contributed by atoms with Gasteiger partial charge in [0.15, 0.2) is 5.84 Å². The number of carbonyl (C=O) groups excluding carboxylic acids is 1. The number of hydrogen-bond acceptors (Lipinski definition) is 6. The molecule has 2 aromatic heterocycles. The van der Waals surface area contributed by atoms with E-state index in [9.17, 15) is 4.79 Å². The smallest absolute Gasteiger partial charge is 0.283 e. The Bertz CT molecular complexity index is 1260. The number of carbonyl (C=O) groups is 1. The van der Waals surface area contributed by atoms with Gasteiger partial charge in [0.2, 0.25) is 5.17 Å². The van der Waals surface area contributed by atoms with Crippen molar-refractivity contribution in [3.05, 3.63) is 82.3 Å². The molecule has 2 aliphatic heterocycles. The summed E-state index contributed by atoms with van der Waals surface area (Å²) in [6, 6.07) is 15.0. The van der Waals surface area contributed by atoms with Crippen LogP contribution in [-0.2, 0) is 4.79 Å². The van der Waals surface area contributed by atoms with E-state index in [-0.39, 0.29) is 11.4 Å². The number of pyridine rings is 1. The van der Waals surface area contributed by atoms with E-state index in [0.29, 0.717) is 21.7 Å². The quantitative estimate of drug-likeness (QED) is 0.548. The van der Waals surface area contributed by atoms with Crippen LogP contribution in [0.4, 0.5) is 0 Å². The normalized spacial score (nSPS) is 17.2. The van der Waals surface area contributed by atoms with Crippen molar-refractivity contribution in [2.75, 3.05) is 0 Å². The lowest BCUT2D eigenvalue weighted by Crippen LogP contribution is -2.35. The van der Waals surface area contributed by atoms with Crippen molar-refractivity contribution < 1.29 is 9.21 Å². The largest absolute Gasteiger partial charge is 0.457 e. The Balaban J connectivity index is 1.44. The van der Waals surface area contributed by atoms with E-state index < -0.39 is 5.91 Å². The molecule has 0 saturated carbocycles. The van der Waals surface area contributed by atoms with Crippen molar-refractivity contribution in [1.29, 1.82) is 5.41 Å². The van der Waals surface area contributed by atoms with E-state index in [1.807, 2.05) is 36.4 Å². The molecule has 5 rings (SSSR count). The maximum Gasteiger partial charge on any atom is 0.283 e. The molecule has 0 unspecified atom stereocenters. The molecule has 0 atom stereocenters. The van der Waals surface area contributed by atoms with Crippen molar-refractivity contribution in [3.8, 4) is 11.3 Å². The van der Waals surface area contributed by atoms with Crippen LogP contribution in [0.3, 0.4) is 0 Å². The van der Waals surface area contributed by atoms with Crippen LogP contribution in [0, 0.1) is 5.41 Å². The topological polar surface area (TPSA) is 94.9 Å². The van der Waals surface area contributed by atoms with Crippen LogP contribution in [0.1, 0.15) is 11.3 Å². The second-order valence-corrected chi connectivity index (χ2v) is 8.25. The summed E-state index contributed by atoms with van der Waals surface area (Å²) in [5.41, 5.74) is 1.83. The van der Waals surface area contributed by atoms with E-state index in [0.717, 1.165) is 15.6 Å². The summed E-state index contributed by atoms with van der Waals surface area (Å²) in [6.45, 7) is 0. The van der Waals surface area contributed by atoms with Crippen LogP contribution in [0.2, 0.25) is 0 Å². The van der Waals surface area contributed by atoms with Gasteiger partial charge in [0, 0.05) is 28.0 Å². The first-order valence-electron chi connectivity index (χ1n) is 8.85. The summed E-state index contributed by atoms with van der Waals surface area (Å²) < 4.78 is 6.83. The molecule has 1 amide bonds. The van der Waals surface area contributed by atoms with Gasteiger partial charge in [-0.3, -0.25) is 15.2 Å². The lowest BCUT2D eigenvalue weighted by molar-refractivity contribution is -0.114. The molecule has 0 saturated heterocycles. The molecule has 2 aliphatic rings. The highest BCUT2D eigenvalue weighted by atomic mass is 79.9. The Hall–Kier alpha value is -3.30. The summed E-state index contributed by atoms with van der Waals surface area (Å²) in [6.07, 6.45) is 4.88. The van der Waals surface area contributed by atoms with E-state index >= 15 is 0 Å². The van der Waals surface area contributed by atoms with Crippen LogP contribution in [-0.4, -0.2) is 31.9 Å². The molecule has 0 aliphatic carbocycles. The maximum absolute atomic E-state index is 12.6. The number of halogens is 1. The minimum absolute atomic E-state index is 0.0435. The molecular formula is C21H12BrN5O2S. The van der Waals surface area contributed by atoms with E-state index in [1.165, 1.54) is 22.8 Å². The number of nitrogens with zero attached hydrogens (tertiary/aromatic N) is 4. The summed E-state index contributed by atoms with van der Waals surface area (Å²) in [7, 11) is 0. The third kappa shape index (κ3) is 3.42. The molecule has 0 fully saturated rings. The van der Waals surface area contributed by atoms with Gasteiger partial charge in [-0.1, -0.05) is 28.1 Å². The Morgan fingerprint density at radius 1 is 1.10 bits per heavy atom. The van der Waals surface area contributed by atoms with E-state index in [1.54, 1.807) is 24.5 Å². The Morgan fingerprint density at radius 3 is 2.70 bits per heavy atom. The first kappa shape index (κ1) is 18.7. The van der Waals surface area contributed by atoms with Gasteiger partial charge in [-0.05, 0) is 54.2 Å². The number of aliphatic imine (C=N–C) groups is 1. The van der Waals surface area contributed by atoms with Crippen LogP contribution in [0.25, 0.3) is 17.4 Å². The fourth-order valence-electron chi connectivity index (χ4n) is 2.94. The highest BCUT2D eigenvalue weighted by Crippen LogP contribution is 2.31. The van der Waals surface area contributed by atoms with Gasteiger partial charge in [0.1, 0.15) is 16.6 Å². The average molecular weight is 478 g/mol. The van der Waals surface area contributed by atoms with Gasteiger partial charge in [-0.25, -0.2) is 0 Å². The van der Waals surface area contributed by atoms with Crippen LogP contribution in [0.5, 0.6) is 0 Å². The van der Waals surface area contributed by atoms with Crippen molar-refractivity contribution in [3.63, 3.8) is 0 Å². The molecule has 9 heteroatoms. The minimum Gasteiger partial charge on any atom is -0.457 e.